The van der Waals surface area contributed by atoms with Crippen molar-refractivity contribution in [2.75, 3.05) is 32.7 Å². The van der Waals surface area contributed by atoms with Crippen molar-refractivity contribution in [2.45, 2.75) is 25.4 Å². The summed E-state index contributed by atoms with van der Waals surface area (Å²) < 4.78 is 1.19. The van der Waals surface area contributed by atoms with E-state index in [1.807, 2.05) is 0 Å². The van der Waals surface area contributed by atoms with Crippen LogP contribution >= 0.6 is 27.3 Å². The Labute approximate surface area is 121 Å². The number of nitrogens with zero attached hydrogens (tertiary/aromatic N) is 1. The number of halogens is 1. The van der Waals surface area contributed by atoms with Crippen molar-refractivity contribution in [2.24, 2.45) is 0 Å². The van der Waals surface area contributed by atoms with Gasteiger partial charge in [-0.05, 0) is 60.4 Å². The first-order chi connectivity index (χ1) is 8.74. The van der Waals surface area contributed by atoms with Crippen LogP contribution < -0.4 is 5.32 Å². The average Bonchev–Trinajstić information content (AvgIpc) is 2.96. The number of hydrogen-bond acceptors (Lipinski definition) is 4. The van der Waals surface area contributed by atoms with Gasteiger partial charge >= 0.3 is 0 Å². The van der Waals surface area contributed by atoms with Crippen molar-refractivity contribution in [3.05, 3.63) is 20.8 Å². The van der Waals surface area contributed by atoms with Crippen molar-refractivity contribution in [1.29, 1.82) is 0 Å². The van der Waals surface area contributed by atoms with E-state index in [4.69, 9.17) is 0 Å². The maximum atomic E-state index is 9.90. The highest BCUT2D eigenvalue weighted by molar-refractivity contribution is 9.11. The largest absolute Gasteiger partial charge is 0.390 e. The van der Waals surface area contributed by atoms with Crippen LogP contribution in [0.1, 0.15) is 17.7 Å². The Bertz CT molecular complexity index is 353. The normalized spacial score (nSPS) is 18.3. The van der Waals surface area contributed by atoms with E-state index in [-0.39, 0.29) is 6.10 Å². The number of likely N-dealkylation sites (tertiary alicyclic amines) is 1. The number of rotatable bonds is 7. The molecule has 3 nitrogen and oxygen atoms in total. The molecule has 0 bridgehead atoms. The lowest BCUT2D eigenvalue weighted by Crippen LogP contribution is -2.37. The van der Waals surface area contributed by atoms with E-state index in [2.05, 4.69) is 38.3 Å². The lowest BCUT2D eigenvalue weighted by molar-refractivity contribution is 0.124. The van der Waals surface area contributed by atoms with Crippen LogP contribution in [0, 0.1) is 0 Å². The van der Waals surface area contributed by atoms with Gasteiger partial charge in [-0.2, -0.15) is 0 Å². The molecule has 0 amide bonds. The average molecular weight is 333 g/mol. The zero-order chi connectivity index (χ0) is 12.8. The van der Waals surface area contributed by atoms with Crippen molar-refractivity contribution < 1.29 is 5.11 Å². The molecule has 0 radical (unpaired) electrons. The minimum atomic E-state index is -0.238. The second kappa shape index (κ2) is 7.60. The molecule has 0 saturated carbocycles. The molecule has 1 aromatic heterocycles. The van der Waals surface area contributed by atoms with Gasteiger partial charge in [0.25, 0.3) is 0 Å². The summed E-state index contributed by atoms with van der Waals surface area (Å²) >= 11 is 5.24. The molecule has 18 heavy (non-hydrogen) atoms. The van der Waals surface area contributed by atoms with Crippen LogP contribution in [0.2, 0.25) is 0 Å². The Hall–Kier alpha value is 0.0600. The highest BCUT2D eigenvalue weighted by atomic mass is 79.9. The van der Waals surface area contributed by atoms with Crippen LogP contribution in [0.5, 0.6) is 0 Å². The van der Waals surface area contributed by atoms with Crippen molar-refractivity contribution in [3.63, 3.8) is 0 Å². The second-order valence-corrected chi connectivity index (χ2v) is 7.37. The van der Waals surface area contributed by atoms with Crippen LogP contribution in [0.3, 0.4) is 0 Å². The van der Waals surface area contributed by atoms with E-state index in [0.29, 0.717) is 6.54 Å². The molecule has 1 atom stereocenters. The zero-order valence-corrected chi connectivity index (χ0v) is 13.0. The monoisotopic (exact) mass is 332 g/mol. The van der Waals surface area contributed by atoms with Crippen LogP contribution in [-0.4, -0.2) is 48.8 Å². The first-order valence-electron chi connectivity index (χ1n) is 6.59. The summed E-state index contributed by atoms with van der Waals surface area (Å²) in [6.07, 6.45) is 3.37. The molecule has 2 rings (SSSR count). The summed E-state index contributed by atoms with van der Waals surface area (Å²) in [6, 6.07) is 4.24. The van der Waals surface area contributed by atoms with Crippen LogP contribution in [-0.2, 0) is 6.42 Å². The summed E-state index contributed by atoms with van der Waals surface area (Å²) in [5, 5.41) is 13.2. The number of nitrogens with one attached hydrogen (secondary N) is 1. The number of aliphatic hydroxyl groups excluding tert-OH is 1. The molecular formula is C13H21BrN2OS. The van der Waals surface area contributed by atoms with Gasteiger partial charge in [-0.3, -0.25) is 0 Å². The predicted molar refractivity (Wildman–Crippen MR) is 80.3 cm³/mol. The molecule has 0 aromatic carbocycles. The summed E-state index contributed by atoms with van der Waals surface area (Å²) in [5.74, 6) is 0. The Balaban J connectivity index is 1.54. The fourth-order valence-electron chi connectivity index (χ4n) is 2.29. The van der Waals surface area contributed by atoms with Gasteiger partial charge < -0.3 is 15.3 Å². The van der Waals surface area contributed by atoms with E-state index in [9.17, 15) is 5.11 Å². The minimum Gasteiger partial charge on any atom is -0.390 e. The van der Waals surface area contributed by atoms with E-state index in [1.54, 1.807) is 11.3 Å². The van der Waals surface area contributed by atoms with Crippen LogP contribution in [0.4, 0.5) is 0 Å². The Morgan fingerprint density at radius 1 is 1.39 bits per heavy atom. The molecule has 1 aliphatic rings. The summed E-state index contributed by atoms with van der Waals surface area (Å²) in [4.78, 5) is 3.73. The van der Waals surface area contributed by atoms with Gasteiger partial charge in [-0.25, -0.2) is 0 Å². The number of thiophene rings is 1. The number of hydrogen-bond donors (Lipinski definition) is 2. The summed E-state index contributed by atoms with van der Waals surface area (Å²) in [7, 11) is 0. The Morgan fingerprint density at radius 2 is 2.17 bits per heavy atom. The summed E-state index contributed by atoms with van der Waals surface area (Å²) in [6.45, 7) is 4.76. The number of aliphatic hydroxyl groups is 1. The molecule has 2 N–H and O–H groups in total. The first-order valence-corrected chi connectivity index (χ1v) is 8.20. The molecule has 1 aromatic rings. The smallest absolute Gasteiger partial charge is 0.0791 e. The topological polar surface area (TPSA) is 35.5 Å². The van der Waals surface area contributed by atoms with Gasteiger partial charge in [-0.1, -0.05) is 0 Å². The van der Waals surface area contributed by atoms with E-state index >= 15 is 0 Å². The second-order valence-electron chi connectivity index (χ2n) is 4.82. The third kappa shape index (κ3) is 4.97. The molecule has 1 saturated heterocycles. The maximum absolute atomic E-state index is 9.90. The van der Waals surface area contributed by atoms with Crippen LogP contribution in [0.15, 0.2) is 15.9 Å². The molecule has 1 aliphatic heterocycles. The minimum absolute atomic E-state index is 0.238. The van der Waals surface area contributed by atoms with Gasteiger partial charge in [0.15, 0.2) is 0 Å². The lowest BCUT2D eigenvalue weighted by Gasteiger charge is -2.19. The maximum Gasteiger partial charge on any atom is 0.0791 e. The standard InChI is InChI=1S/C13H21BrN2OS/c14-13-4-3-12(18-13)5-6-15-9-11(17)10-16-7-1-2-8-16/h3-4,11,15,17H,1-2,5-10H2. The molecule has 0 aliphatic carbocycles. The Morgan fingerprint density at radius 3 is 2.83 bits per heavy atom. The van der Waals surface area contributed by atoms with Crippen molar-refractivity contribution in [3.8, 4) is 0 Å². The van der Waals surface area contributed by atoms with Crippen molar-refractivity contribution in [1.82, 2.24) is 10.2 Å². The first kappa shape index (κ1) is 14.5. The lowest BCUT2D eigenvalue weighted by atomic mass is 10.3. The zero-order valence-electron chi connectivity index (χ0n) is 10.6. The highest BCUT2D eigenvalue weighted by Crippen LogP contribution is 2.21. The molecule has 0 spiro atoms. The van der Waals surface area contributed by atoms with Crippen LogP contribution in [0.25, 0.3) is 0 Å². The molecule has 1 fully saturated rings. The van der Waals surface area contributed by atoms with Gasteiger partial charge in [0, 0.05) is 24.5 Å². The van der Waals surface area contributed by atoms with Crippen molar-refractivity contribution >= 4 is 27.3 Å². The van der Waals surface area contributed by atoms with Gasteiger partial charge in [0.1, 0.15) is 0 Å². The fraction of sp³-hybridized carbons (Fsp3) is 0.692. The molecule has 102 valence electrons. The van der Waals surface area contributed by atoms with E-state index < -0.39 is 0 Å². The van der Waals surface area contributed by atoms with Gasteiger partial charge in [0.05, 0.1) is 9.89 Å². The molecule has 2 heterocycles. The van der Waals surface area contributed by atoms with E-state index in [0.717, 1.165) is 32.6 Å². The summed E-state index contributed by atoms with van der Waals surface area (Å²) in [5.41, 5.74) is 0. The third-order valence-electron chi connectivity index (χ3n) is 3.22. The molecule has 5 heteroatoms. The van der Waals surface area contributed by atoms with Gasteiger partial charge in [-0.15, -0.1) is 11.3 Å². The van der Waals surface area contributed by atoms with E-state index in [1.165, 1.54) is 21.5 Å². The SMILES string of the molecule is OC(CNCCc1ccc(Br)s1)CN1CCCC1. The fourth-order valence-corrected chi connectivity index (χ4v) is 3.78. The predicted octanol–water partition coefficient (Wildman–Crippen LogP) is 2.10. The molecule has 1 unspecified atom stereocenters. The quantitative estimate of drug-likeness (QED) is 0.750. The number of β-amino-alcohol motifs (C(OH)–C–C–N with tert-alkyl or cyclic N) is 1. The van der Waals surface area contributed by atoms with Gasteiger partial charge in [0.2, 0.25) is 0 Å². The highest BCUT2D eigenvalue weighted by Gasteiger charge is 2.15. The molecular weight excluding hydrogens is 312 g/mol. The third-order valence-corrected chi connectivity index (χ3v) is 4.91. The Kier molecular flexibility index (Phi) is 6.11.